The van der Waals surface area contributed by atoms with Gasteiger partial charge in [-0.1, -0.05) is 48.6 Å². The summed E-state index contributed by atoms with van der Waals surface area (Å²) >= 11 is 8.67. The third-order valence-corrected chi connectivity index (χ3v) is 4.59. The van der Waals surface area contributed by atoms with Crippen LogP contribution in [0.3, 0.4) is 0 Å². The number of halogens is 1. The second kappa shape index (κ2) is 4.87. The molecule has 0 radical (unpaired) electrons. The maximum atomic E-state index is 5.25. The first kappa shape index (κ1) is 12.5. The maximum Gasteiger partial charge on any atom is 0.144 e. The summed E-state index contributed by atoms with van der Waals surface area (Å²) in [6, 6.07) is 14.5. The minimum Gasteiger partial charge on any atom is -0.342 e. The van der Waals surface area contributed by atoms with Crippen molar-refractivity contribution in [2.75, 3.05) is 0 Å². The number of aromatic amines is 1. The van der Waals surface area contributed by atoms with Crippen LogP contribution in [0.15, 0.2) is 46.9 Å². The summed E-state index contributed by atoms with van der Waals surface area (Å²) in [5.74, 6) is 0.802. The van der Waals surface area contributed by atoms with Gasteiger partial charge in [-0.25, -0.2) is 4.98 Å². The van der Waals surface area contributed by atoms with E-state index in [-0.39, 0.29) is 0 Å². The smallest absolute Gasteiger partial charge is 0.144 e. The highest BCUT2D eigenvalue weighted by molar-refractivity contribution is 9.10. The highest BCUT2D eigenvalue weighted by atomic mass is 79.9. The molecule has 94 valence electrons. The number of benzene rings is 2. The normalized spacial score (nSPS) is 10.8. The summed E-state index contributed by atoms with van der Waals surface area (Å²) in [6.45, 7) is 1.98. The minimum atomic E-state index is 0.583. The number of nitrogens with one attached hydrogen (secondary N) is 1. The van der Waals surface area contributed by atoms with E-state index in [4.69, 9.17) is 12.2 Å². The molecular weight excluding hydrogens is 320 g/mol. The molecule has 0 aliphatic carbocycles. The van der Waals surface area contributed by atoms with Gasteiger partial charge in [-0.05, 0) is 39.7 Å². The first-order chi connectivity index (χ1) is 9.15. The fraction of sp³-hybridized carbons (Fsp3) is 0.0667. The Morgan fingerprint density at radius 3 is 2.58 bits per heavy atom. The highest BCUT2D eigenvalue weighted by Gasteiger charge is 2.05. The SMILES string of the molecule is Cc1[nH]c(-c2ccc3ccccc3c2)nc(=S)c1Br. The third-order valence-electron chi connectivity index (χ3n) is 3.06. The van der Waals surface area contributed by atoms with Crippen LogP contribution in [0, 0.1) is 11.6 Å². The second-order valence-corrected chi connectivity index (χ2v) is 5.57. The zero-order valence-electron chi connectivity index (χ0n) is 10.3. The maximum absolute atomic E-state index is 5.25. The van der Waals surface area contributed by atoms with Crippen molar-refractivity contribution >= 4 is 38.9 Å². The first-order valence-electron chi connectivity index (χ1n) is 5.91. The number of hydrogen-bond donors (Lipinski definition) is 1. The van der Waals surface area contributed by atoms with Gasteiger partial charge in [0, 0.05) is 11.3 Å². The Morgan fingerprint density at radius 2 is 1.84 bits per heavy atom. The molecule has 0 aliphatic rings. The molecule has 2 nitrogen and oxygen atoms in total. The fourth-order valence-electron chi connectivity index (χ4n) is 2.04. The van der Waals surface area contributed by atoms with Crippen LogP contribution in [0.25, 0.3) is 22.2 Å². The highest BCUT2D eigenvalue weighted by Crippen LogP contribution is 2.24. The van der Waals surface area contributed by atoms with Crippen LogP contribution in [-0.4, -0.2) is 9.97 Å². The van der Waals surface area contributed by atoms with E-state index in [9.17, 15) is 0 Å². The van der Waals surface area contributed by atoms with Gasteiger partial charge in [0.05, 0.1) is 4.47 Å². The average Bonchev–Trinajstić information content (AvgIpc) is 2.43. The number of aryl methyl sites for hydroxylation is 1. The van der Waals surface area contributed by atoms with Crippen LogP contribution in [0.2, 0.25) is 0 Å². The summed E-state index contributed by atoms with van der Waals surface area (Å²) in [7, 11) is 0. The van der Waals surface area contributed by atoms with Crippen LogP contribution in [-0.2, 0) is 0 Å². The lowest BCUT2D eigenvalue weighted by molar-refractivity contribution is 1.08. The van der Waals surface area contributed by atoms with E-state index in [1.54, 1.807) is 0 Å². The van der Waals surface area contributed by atoms with Crippen LogP contribution < -0.4 is 0 Å². The molecule has 0 aliphatic heterocycles. The topological polar surface area (TPSA) is 28.7 Å². The molecule has 1 heterocycles. The number of hydrogen-bond acceptors (Lipinski definition) is 2. The van der Waals surface area contributed by atoms with E-state index in [2.05, 4.69) is 56.2 Å². The number of aromatic nitrogens is 2. The predicted octanol–water partition coefficient (Wildman–Crippen LogP) is 5.03. The van der Waals surface area contributed by atoms with Crippen molar-refractivity contribution in [3.63, 3.8) is 0 Å². The second-order valence-electron chi connectivity index (χ2n) is 4.39. The number of H-pyrrole nitrogens is 1. The van der Waals surface area contributed by atoms with Crippen molar-refractivity contribution in [3.8, 4) is 11.4 Å². The van der Waals surface area contributed by atoms with E-state index >= 15 is 0 Å². The molecule has 0 unspecified atom stereocenters. The molecule has 0 spiro atoms. The Labute approximate surface area is 124 Å². The van der Waals surface area contributed by atoms with Gasteiger partial charge in [0.1, 0.15) is 10.5 Å². The number of nitrogens with zero attached hydrogens (tertiary/aromatic N) is 1. The predicted molar refractivity (Wildman–Crippen MR) is 84.8 cm³/mol. The molecule has 4 heteroatoms. The molecule has 3 rings (SSSR count). The van der Waals surface area contributed by atoms with Crippen molar-refractivity contribution in [2.24, 2.45) is 0 Å². The summed E-state index contributed by atoms with van der Waals surface area (Å²) < 4.78 is 1.44. The lowest BCUT2D eigenvalue weighted by Gasteiger charge is -2.06. The summed E-state index contributed by atoms with van der Waals surface area (Å²) in [5.41, 5.74) is 2.03. The minimum absolute atomic E-state index is 0.583. The Bertz CT molecular complexity index is 824. The van der Waals surface area contributed by atoms with Crippen molar-refractivity contribution < 1.29 is 0 Å². The lowest BCUT2D eigenvalue weighted by Crippen LogP contribution is -1.94. The molecule has 19 heavy (non-hydrogen) atoms. The Kier molecular flexibility index (Phi) is 3.21. The van der Waals surface area contributed by atoms with E-state index < -0.39 is 0 Å². The van der Waals surface area contributed by atoms with E-state index in [1.807, 2.05) is 19.1 Å². The first-order valence-corrected chi connectivity index (χ1v) is 7.11. The van der Waals surface area contributed by atoms with Gasteiger partial charge in [-0.15, -0.1) is 0 Å². The Morgan fingerprint density at radius 1 is 1.11 bits per heavy atom. The molecule has 0 saturated heterocycles. The van der Waals surface area contributed by atoms with Crippen molar-refractivity contribution in [2.45, 2.75) is 6.92 Å². The van der Waals surface area contributed by atoms with Crippen molar-refractivity contribution in [1.82, 2.24) is 9.97 Å². The standard InChI is InChI=1S/C15H11BrN2S/c1-9-13(16)15(19)18-14(17-9)12-7-6-10-4-2-3-5-11(10)8-12/h2-8H,1H3,(H,17,18,19). The van der Waals surface area contributed by atoms with Crippen molar-refractivity contribution in [1.29, 1.82) is 0 Å². The summed E-state index contributed by atoms with van der Waals surface area (Å²) in [6.07, 6.45) is 0. The average molecular weight is 331 g/mol. The van der Waals surface area contributed by atoms with E-state index in [0.29, 0.717) is 4.64 Å². The van der Waals surface area contributed by atoms with Crippen molar-refractivity contribution in [3.05, 3.63) is 57.3 Å². The van der Waals surface area contributed by atoms with E-state index in [1.165, 1.54) is 10.8 Å². The van der Waals surface area contributed by atoms with Gasteiger partial charge < -0.3 is 4.98 Å². The Balaban J connectivity index is 2.22. The zero-order valence-corrected chi connectivity index (χ0v) is 12.7. The number of fused-ring (bicyclic) bond motifs is 1. The van der Waals surface area contributed by atoms with Gasteiger partial charge in [-0.2, -0.15) is 0 Å². The molecular formula is C15H11BrN2S. The molecule has 1 aromatic heterocycles. The van der Waals surface area contributed by atoms with E-state index in [0.717, 1.165) is 21.6 Å². The van der Waals surface area contributed by atoms with Crippen LogP contribution in [0.5, 0.6) is 0 Å². The van der Waals surface area contributed by atoms with Gasteiger partial charge in [0.15, 0.2) is 0 Å². The van der Waals surface area contributed by atoms with Crippen LogP contribution >= 0.6 is 28.1 Å². The van der Waals surface area contributed by atoms with Gasteiger partial charge in [0.2, 0.25) is 0 Å². The summed E-state index contributed by atoms with van der Waals surface area (Å²) in [5, 5.41) is 2.42. The molecule has 0 saturated carbocycles. The number of rotatable bonds is 1. The zero-order chi connectivity index (χ0) is 13.4. The molecule has 0 amide bonds. The molecule has 0 atom stereocenters. The van der Waals surface area contributed by atoms with Crippen LogP contribution in [0.4, 0.5) is 0 Å². The molecule has 0 bridgehead atoms. The van der Waals surface area contributed by atoms with Crippen LogP contribution in [0.1, 0.15) is 5.69 Å². The quantitative estimate of drug-likeness (QED) is 0.634. The lowest BCUT2D eigenvalue weighted by atomic mass is 10.1. The molecule has 3 aromatic rings. The fourth-order valence-corrected chi connectivity index (χ4v) is 2.48. The summed E-state index contributed by atoms with van der Waals surface area (Å²) in [4.78, 5) is 7.70. The largest absolute Gasteiger partial charge is 0.342 e. The third kappa shape index (κ3) is 2.33. The van der Waals surface area contributed by atoms with Gasteiger partial charge in [0.25, 0.3) is 0 Å². The molecule has 1 N–H and O–H groups in total. The molecule has 2 aromatic carbocycles. The van der Waals surface area contributed by atoms with Gasteiger partial charge >= 0.3 is 0 Å². The van der Waals surface area contributed by atoms with Gasteiger partial charge in [-0.3, -0.25) is 0 Å². The Hall–Kier alpha value is -1.52. The molecule has 0 fully saturated rings. The monoisotopic (exact) mass is 330 g/mol.